The van der Waals surface area contributed by atoms with Crippen LogP contribution in [0.2, 0.25) is 0 Å². The third-order valence-corrected chi connectivity index (χ3v) is 2.98. The monoisotopic (exact) mass is 311 g/mol. The second kappa shape index (κ2) is 5.35. The van der Waals surface area contributed by atoms with Gasteiger partial charge in [-0.15, -0.1) is 0 Å². The number of benzene rings is 1. The van der Waals surface area contributed by atoms with Crippen LogP contribution in [0.3, 0.4) is 0 Å². The molecule has 0 saturated heterocycles. The molecule has 0 spiro atoms. The maximum absolute atomic E-state index is 13.5. The van der Waals surface area contributed by atoms with Gasteiger partial charge in [-0.25, -0.2) is 4.39 Å². The van der Waals surface area contributed by atoms with Gasteiger partial charge in [-0.3, -0.25) is 4.79 Å². The van der Waals surface area contributed by atoms with Gasteiger partial charge in [0.1, 0.15) is 11.6 Å². The van der Waals surface area contributed by atoms with Gasteiger partial charge in [0.25, 0.3) is 5.91 Å². The van der Waals surface area contributed by atoms with Crippen LogP contribution in [0.15, 0.2) is 45.5 Å². The summed E-state index contributed by atoms with van der Waals surface area (Å²) < 4.78 is 19.3. The minimum absolute atomic E-state index is 0.00258. The molecule has 18 heavy (non-hydrogen) atoms. The van der Waals surface area contributed by atoms with E-state index in [0.29, 0.717) is 10.2 Å². The lowest BCUT2D eigenvalue weighted by molar-refractivity contribution is 0.0931. The lowest BCUT2D eigenvalue weighted by Gasteiger charge is -2.12. The van der Waals surface area contributed by atoms with Crippen molar-refractivity contribution in [3.63, 3.8) is 0 Å². The highest BCUT2D eigenvalue weighted by Crippen LogP contribution is 2.18. The molecule has 1 aromatic heterocycles. The summed E-state index contributed by atoms with van der Waals surface area (Å²) in [5, 5.41) is 2.67. The van der Waals surface area contributed by atoms with Gasteiger partial charge in [0.15, 0.2) is 0 Å². The fourth-order valence-electron chi connectivity index (χ4n) is 1.55. The lowest BCUT2D eigenvalue weighted by Crippen LogP contribution is -2.27. The Morgan fingerprint density at radius 2 is 2.22 bits per heavy atom. The Bertz CT molecular complexity index is 554. The fourth-order valence-corrected chi connectivity index (χ4v) is 1.92. The zero-order chi connectivity index (χ0) is 13.1. The van der Waals surface area contributed by atoms with Crippen LogP contribution in [0, 0.1) is 5.82 Å². The number of amides is 1. The summed E-state index contributed by atoms with van der Waals surface area (Å²) in [4.78, 5) is 11.9. The summed E-state index contributed by atoms with van der Waals surface area (Å²) in [7, 11) is 0. The van der Waals surface area contributed by atoms with Crippen molar-refractivity contribution in [2.75, 3.05) is 0 Å². The van der Waals surface area contributed by atoms with Crippen molar-refractivity contribution < 1.29 is 13.6 Å². The van der Waals surface area contributed by atoms with Crippen molar-refractivity contribution in [3.8, 4) is 0 Å². The van der Waals surface area contributed by atoms with Crippen molar-refractivity contribution in [3.05, 3.63) is 58.2 Å². The molecule has 0 saturated carbocycles. The molecule has 0 aliphatic carbocycles. The molecule has 1 N–H and O–H groups in total. The molecule has 0 aliphatic rings. The summed E-state index contributed by atoms with van der Waals surface area (Å²) in [6.45, 7) is 1.77. The van der Waals surface area contributed by atoms with Crippen molar-refractivity contribution >= 4 is 21.8 Å². The second-order valence-electron chi connectivity index (χ2n) is 3.83. The number of furan rings is 1. The predicted molar refractivity (Wildman–Crippen MR) is 68.7 cm³/mol. The smallest absolute Gasteiger partial charge is 0.254 e. The highest BCUT2D eigenvalue weighted by Gasteiger charge is 2.16. The molecule has 2 aromatic rings. The first kappa shape index (κ1) is 12.8. The van der Waals surface area contributed by atoms with Crippen LogP contribution in [-0.4, -0.2) is 5.91 Å². The molecule has 1 unspecified atom stereocenters. The Morgan fingerprint density at radius 1 is 1.44 bits per heavy atom. The summed E-state index contributed by atoms with van der Waals surface area (Å²) in [5.74, 6) is -0.404. The summed E-state index contributed by atoms with van der Waals surface area (Å²) >= 11 is 3.20. The first-order valence-corrected chi connectivity index (χ1v) is 6.16. The highest BCUT2D eigenvalue weighted by atomic mass is 79.9. The maximum Gasteiger partial charge on any atom is 0.254 e. The fraction of sp³-hybridized carbons (Fsp3) is 0.154. The van der Waals surface area contributed by atoms with Gasteiger partial charge in [-0.1, -0.05) is 15.9 Å². The maximum atomic E-state index is 13.5. The first-order chi connectivity index (χ1) is 8.58. The highest BCUT2D eigenvalue weighted by molar-refractivity contribution is 9.10. The molecule has 0 radical (unpaired) electrons. The van der Waals surface area contributed by atoms with Crippen molar-refractivity contribution in [1.82, 2.24) is 5.32 Å². The molecule has 1 atom stereocenters. The molecule has 0 bridgehead atoms. The van der Waals surface area contributed by atoms with E-state index in [-0.39, 0.29) is 11.6 Å². The van der Waals surface area contributed by atoms with E-state index in [1.165, 1.54) is 18.4 Å². The third-order valence-electron chi connectivity index (χ3n) is 2.49. The second-order valence-corrected chi connectivity index (χ2v) is 4.75. The molecule has 1 heterocycles. The van der Waals surface area contributed by atoms with Gasteiger partial charge in [-0.2, -0.15) is 0 Å². The Hall–Kier alpha value is -1.62. The normalized spacial score (nSPS) is 12.2. The number of nitrogens with one attached hydrogen (secondary N) is 1. The van der Waals surface area contributed by atoms with Crippen LogP contribution in [-0.2, 0) is 0 Å². The van der Waals surface area contributed by atoms with Gasteiger partial charge < -0.3 is 9.73 Å². The molecule has 3 nitrogen and oxygen atoms in total. The van der Waals surface area contributed by atoms with Crippen LogP contribution < -0.4 is 5.32 Å². The Balaban J connectivity index is 2.15. The third kappa shape index (κ3) is 2.79. The van der Waals surface area contributed by atoms with E-state index in [9.17, 15) is 9.18 Å². The zero-order valence-corrected chi connectivity index (χ0v) is 11.2. The van der Waals surface area contributed by atoms with E-state index in [1.807, 2.05) is 0 Å². The molecular formula is C13H11BrFNO2. The molecule has 94 valence electrons. The van der Waals surface area contributed by atoms with Gasteiger partial charge in [0.05, 0.1) is 17.9 Å². The number of hydrogen-bond acceptors (Lipinski definition) is 2. The Labute approximate surface area is 112 Å². The van der Waals surface area contributed by atoms with E-state index in [0.717, 1.165) is 0 Å². The van der Waals surface area contributed by atoms with Crippen molar-refractivity contribution in [2.45, 2.75) is 13.0 Å². The van der Waals surface area contributed by atoms with Crippen LogP contribution in [0.4, 0.5) is 4.39 Å². The summed E-state index contributed by atoms with van der Waals surface area (Å²) in [5.41, 5.74) is 0.00258. The predicted octanol–water partition coefficient (Wildman–Crippen LogP) is 3.67. The van der Waals surface area contributed by atoms with E-state index >= 15 is 0 Å². The van der Waals surface area contributed by atoms with Crippen LogP contribution in [0.25, 0.3) is 0 Å². The molecule has 0 aliphatic heterocycles. The van der Waals surface area contributed by atoms with Crippen LogP contribution >= 0.6 is 15.9 Å². The molecule has 0 fully saturated rings. The average molecular weight is 312 g/mol. The quantitative estimate of drug-likeness (QED) is 0.939. The van der Waals surface area contributed by atoms with Gasteiger partial charge in [0, 0.05) is 4.47 Å². The van der Waals surface area contributed by atoms with E-state index < -0.39 is 11.7 Å². The summed E-state index contributed by atoms with van der Waals surface area (Å²) in [6, 6.07) is 7.41. The lowest BCUT2D eigenvalue weighted by atomic mass is 10.1. The minimum atomic E-state index is -0.553. The average Bonchev–Trinajstić information content (AvgIpc) is 2.85. The summed E-state index contributed by atoms with van der Waals surface area (Å²) in [6.07, 6.45) is 1.53. The molecule has 2 rings (SSSR count). The van der Waals surface area contributed by atoms with Crippen LogP contribution in [0.1, 0.15) is 29.1 Å². The van der Waals surface area contributed by atoms with E-state index in [2.05, 4.69) is 21.2 Å². The topological polar surface area (TPSA) is 42.2 Å². The minimum Gasteiger partial charge on any atom is -0.467 e. The number of carbonyl (C=O) groups is 1. The van der Waals surface area contributed by atoms with E-state index in [4.69, 9.17) is 4.42 Å². The standard InChI is InChI=1S/C13H11BrFNO2/c1-8(12-3-2-6-18-12)16-13(17)10-7-9(14)4-5-11(10)15/h2-8H,1H3,(H,16,17). The number of rotatable bonds is 3. The van der Waals surface area contributed by atoms with Crippen molar-refractivity contribution in [2.24, 2.45) is 0 Å². The van der Waals surface area contributed by atoms with Gasteiger partial charge >= 0.3 is 0 Å². The van der Waals surface area contributed by atoms with Gasteiger partial charge in [-0.05, 0) is 37.3 Å². The number of hydrogen-bond donors (Lipinski definition) is 1. The first-order valence-electron chi connectivity index (χ1n) is 5.37. The van der Waals surface area contributed by atoms with Crippen LogP contribution in [0.5, 0.6) is 0 Å². The van der Waals surface area contributed by atoms with E-state index in [1.54, 1.807) is 25.1 Å². The zero-order valence-electron chi connectivity index (χ0n) is 9.61. The molecule has 1 aromatic carbocycles. The molecular weight excluding hydrogens is 301 g/mol. The molecule has 1 amide bonds. The number of carbonyl (C=O) groups excluding carboxylic acids is 1. The SMILES string of the molecule is CC(NC(=O)c1cc(Br)ccc1F)c1ccco1. The van der Waals surface area contributed by atoms with Crippen molar-refractivity contribution in [1.29, 1.82) is 0 Å². The Morgan fingerprint density at radius 3 is 2.89 bits per heavy atom. The van der Waals surface area contributed by atoms with Gasteiger partial charge in [0.2, 0.25) is 0 Å². The molecule has 5 heteroatoms. The Kier molecular flexibility index (Phi) is 3.81. The number of halogens is 2. The largest absolute Gasteiger partial charge is 0.467 e.